The molecule has 2 heterocycles. The van der Waals surface area contributed by atoms with Crippen LogP contribution >= 0.6 is 22.7 Å². The van der Waals surface area contributed by atoms with E-state index in [0.29, 0.717) is 0 Å². The van der Waals surface area contributed by atoms with Gasteiger partial charge >= 0.3 is 10.7 Å². The fourth-order valence-corrected chi connectivity index (χ4v) is 3.06. The first-order valence-electron chi connectivity index (χ1n) is 4.29. The smallest absolute Gasteiger partial charge is 0.194 e. The largest absolute Gasteiger partial charge is 0.428 e. The molecule has 14 heavy (non-hydrogen) atoms. The number of para-hydroxylation sites is 1. The molecule has 0 unspecified atom stereocenters. The Kier molecular flexibility index (Phi) is 1.85. The number of thiophene rings is 1. The van der Waals surface area contributed by atoms with Gasteiger partial charge < -0.3 is 0 Å². The maximum atomic E-state index is 5.74. The molecule has 0 saturated heterocycles. The molecule has 2 aromatic heterocycles. The third-order valence-corrected chi connectivity index (χ3v) is 4.02. The molecule has 0 N–H and O–H groups in total. The van der Waals surface area contributed by atoms with Gasteiger partial charge in [0, 0.05) is 6.07 Å². The minimum Gasteiger partial charge on any atom is -0.194 e. The highest BCUT2D eigenvalue weighted by atomic mass is 32.1. The average Bonchev–Trinajstić information content (AvgIpc) is 2.86. The Morgan fingerprint density at radius 2 is 1.93 bits per heavy atom. The summed E-state index contributed by atoms with van der Waals surface area (Å²) < 4.78 is 6.95. The number of fused-ring (bicyclic) bond motifs is 1. The molecule has 1 aromatic carbocycles. The summed E-state index contributed by atoms with van der Waals surface area (Å²) in [5.41, 5.74) is 0.973. The Morgan fingerprint density at radius 1 is 1.00 bits per heavy atom. The second kappa shape index (κ2) is 3.19. The van der Waals surface area contributed by atoms with Gasteiger partial charge in [0.1, 0.15) is 9.58 Å². The molecule has 0 spiro atoms. The monoisotopic (exact) mass is 219 g/mol. The molecule has 3 aromatic rings. The van der Waals surface area contributed by atoms with Gasteiger partial charge in [-0.05, 0) is 28.8 Å². The van der Waals surface area contributed by atoms with Gasteiger partial charge in [0.15, 0.2) is 0 Å². The minimum absolute atomic E-state index is 0.973. The molecule has 0 aliphatic heterocycles. The van der Waals surface area contributed by atoms with Crippen LogP contribution in [0.2, 0.25) is 0 Å². The lowest BCUT2D eigenvalue weighted by Gasteiger charge is -1.72. The van der Waals surface area contributed by atoms with E-state index in [1.807, 2.05) is 24.3 Å². The lowest BCUT2D eigenvalue weighted by atomic mass is 10.3. The van der Waals surface area contributed by atoms with Crippen molar-refractivity contribution in [2.75, 3.05) is 0 Å². The summed E-state index contributed by atoms with van der Waals surface area (Å²) in [6.45, 7) is 0. The highest BCUT2D eigenvalue weighted by Gasteiger charge is 2.19. The molecular weight excluding hydrogens is 212 g/mol. The first-order valence-corrected chi connectivity index (χ1v) is 5.99. The molecule has 68 valence electrons. The average molecular weight is 219 g/mol. The molecular formula is C11H7OS2+. The summed E-state index contributed by atoms with van der Waals surface area (Å²) in [6, 6.07) is 12.2. The van der Waals surface area contributed by atoms with Crippen molar-refractivity contribution in [2.24, 2.45) is 0 Å². The molecule has 0 aliphatic carbocycles. The lowest BCUT2D eigenvalue weighted by Crippen LogP contribution is -1.58. The van der Waals surface area contributed by atoms with Gasteiger partial charge in [-0.2, -0.15) is 4.42 Å². The maximum absolute atomic E-state index is 5.74. The van der Waals surface area contributed by atoms with Gasteiger partial charge in [-0.15, -0.1) is 11.3 Å². The van der Waals surface area contributed by atoms with Gasteiger partial charge in [0.25, 0.3) is 0 Å². The van der Waals surface area contributed by atoms with Crippen LogP contribution in [0.5, 0.6) is 0 Å². The van der Waals surface area contributed by atoms with E-state index in [4.69, 9.17) is 4.42 Å². The van der Waals surface area contributed by atoms with Crippen molar-refractivity contribution in [1.29, 1.82) is 0 Å². The Hall–Kier alpha value is -1.19. The number of hydrogen-bond donors (Lipinski definition) is 0. The van der Waals surface area contributed by atoms with Crippen LogP contribution < -0.4 is 0 Å². The number of rotatable bonds is 1. The van der Waals surface area contributed by atoms with Crippen LogP contribution in [-0.2, 0) is 0 Å². The van der Waals surface area contributed by atoms with Gasteiger partial charge in [-0.1, -0.05) is 18.2 Å². The summed E-state index contributed by atoms with van der Waals surface area (Å²) in [7, 11) is 0. The van der Waals surface area contributed by atoms with E-state index in [9.17, 15) is 0 Å². The van der Waals surface area contributed by atoms with Gasteiger partial charge in [-0.3, -0.25) is 0 Å². The lowest BCUT2D eigenvalue weighted by molar-refractivity contribution is 0.640. The molecule has 3 rings (SSSR count). The number of hydrogen-bond acceptors (Lipinski definition) is 2. The second-order valence-corrected chi connectivity index (χ2v) is 4.88. The zero-order valence-corrected chi connectivity index (χ0v) is 8.90. The topological polar surface area (TPSA) is 11.3 Å². The first-order chi connectivity index (χ1) is 6.93. The molecule has 1 nitrogen and oxygen atoms in total. The van der Waals surface area contributed by atoms with Gasteiger partial charge in [0.05, 0.1) is 0 Å². The first kappa shape index (κ1) is 8.15. The molecule has 0 aliphatic rings. The Morgan fingerprint density at radius 3 is 2.71 bits per heavy atom. The van der Waals surface area contributed by atoms with E-state index in [2.05, 4.69) is 17.5 Å². The van der Waals surface area contributed by atoms with E-state index in [0.717, 1.165) is 10.7 Å². The zero-order valence-electron chi connectivity index (χ0n) is 7.27. The standard InChI is InChI=1S/C11H7OS2/c1-2-5-9-8(4-1)12-11(14-9)10-6-3-7-13-10/h1-7H/q+1. The normalized spacial score (nSPS) is 10.9. The Labute approximate surface area is 89.3 Å². The quantitative estimate of drug-likeness (QED) is 0.548. The second-order valence-electron chi connectivity index (χ2n) is 2.92. The predicted octanol–water partition coefficient (Wildman–Crippen LogP) is 4.50. The highest BCUT2D eigenvalue weighted by Crippen LogP contribution is 2.35. The summed E-state index contributed by atoms with van der Waals surface area (Å²) in [5, 5.41) is 3.07. The number of benzene rings is 1. The van der Waals surface area contributed by atoms with Crippen molar-refractivity contribution in [3.63, 3.8) is 0 Å². The summed E-state index contributed by atoms with van der Waals surface area (Å²) >= 11 is 3.41. The molecule has 0 radical (unpaired) electrons. The van der Waals surface area contributed by atoms with Gasteiger partial charge in [-0.25, -0.2) is 0 Å². The Bertz CT molecular complexity index is 518. The SMILES string of the molecule is c1csc(-c2[o+]c3ccccc3s2)c1. The summed E-state index contributed by atoms with van der Waals surface area (Å²) in [4.78, 5) is 1.20. The third-order valence-electron chi connectivity index (χ3n) is 1.98. The van der Waals surface area contributed by atoms with Crippen molar-refractivity contribution in [3.05, 3.63) is 41.8 Å². The van der Waals surface area contributed by atoms with Crippen molar-refractivity contribution >= 4 is 33.0 Å². The zero-order chi connectivity index (χ0) is 9.38. The minimum atomic E-state index is 0.973. The molecule has 0 saturated carbocycles. The van der Waals surface area contributed by atoms with Crippen LogP contribution in [0.1, 0.15) is 0 Å². The van der Waals surface area contributed by atoms with E-state index in [1.54, 1.807) is 22.7 Å². The van der Waals surface area contributed by atoms with Crippen LogP contribution in [0, 0.1) is 0 Å². The summed E-state index contributed by atoms with van der Waals surface area (Å²) in [6.07, 6.45) is 0. The van der Waals surface area contributed by atoms with Crippen molar-refractivity contribution in [2.45, 2.75) is 0 Å². The van der Waals surface area contributed by atoms with E-state index in [1.165, 1.54) is 9.58 Å². The fraction of sp³-hybridized carbons (Fsp3) is 0. The van der Waals surface area contributed by atoms with Crippen LogP contribution in [-0.4, -0.2) is 0 Å². The van der Waals surface area contributed by atoms with Gasteiger partial charge in [0.2, 0.25) is 0 Å². The third kappa shape index (κ3) is 1.25. The van der Waals surface area contributed by atoms with Crippen LogP contribution in [0.25, 0.3) is 20.2 Å². The van der Waals surface area contributed by atoms with E-state index >= 15 is 0 Å². The molecule has 0 amide bonds. The van der Waals surface area contributed by atoms with Crippen LogP contribution in [0.4, 0.5) is 0 Å². The molecule has 0 fully saturated rings. The predicted molar refractivity (Wildman–Crippen MR) is 61.8 cm³/mol. The summed E-state index contributed by atoms with van der Waals surface area (Å²) in [5.74, 6) is 0. The molecule has 0 bridgehead atoms. The molecule has 0 atom stereocenters. The van der Waals surface area contributed by atoms with E-state index in [-0.39, 0.29) is 0 Å². The van der Waals surface area contributed by atoms with E-state index < -0.39 is 0 Å². The van der Waals surface area contributed by atoms with Crippen LogP contribution in [0.15, 0.2) is 46.2 Å². The van der Waals surface area contributed by atoms with Crippen molar-refractivity contribution < 1.29 is 4.42 Å². The highest BCUT2D eigenvalue weighted by molar-refractivity contribution is 7.24. The van der Waals surface area contributed by atoms with Crippen molar-refractivity contribution in [1.82, 2.24) is 0 Å². The maximum Gasteiger partial charge on any atom is 0.428 e. The van der Waals surface area contributed by atoms with Crippen molar-refractivity contribution in [3.8, 4) is 9.95 Å². The fourth-order valence-electron chi connectivity index (χ4n) is 1.33. The molecule has 3 heteroatoms. The Balaban J connectivity index is 2.24. The van der Waals surface area contributed by atoms with Crippen LogP contribution in [0.3, 0.4) is 0 Å².